The molecular weight excluding hydrogens is 526 g/mol. The fourth-order valence-corrected chi connectivity index (χ4v) is 6.27. The Morgan fingerprint density at radius 3 is 2.40 bits per heavy atom. The van der Waals surface area contributed by atoms with Crippen LogP contribution in [0, 0.1) is 13.8 Å². The highest BCUT2D eigenvalue weighted by molar-refractivity contribution is 7.92. The first kappa shape index (κ1) is 31.5. The van der Waals surface area contributed by atoms with Gasteiger partial charge in [0.25, 0.3) is 0 Å². The molecule has 0 bridgehead atoms. The second-order valence-corrected chi connectivity index (χ2v) is 12.8. The molecule has 2 aromatic rings. The number of nitrogens with one attached hydrogen (secondary N) is 1. The van der Waals surface area contributed by atoms with Gasteiger partial charge in [-0.1, -0.05) is 44.4 Å². The Morgan fingerprint density at radius 1 is 1.05 bits per heavy atom. The smallest absolute Gasteiger partial charge is 0.243 e. The lowest BCUT2D eigenvalue weighted by Crippen LogP contribution is -2.51. The Labute approximate surface area is 240 Å². The average molecular weight is 572 g/mol. The van der Waals surface area contributed by atoms with Crippen LogP contribution in [0.4, 0.5) is 5.69 Å². The number of hydrogen-bond acceptors (Lipinski definition) is 5. The van der Waals surface area contributed by atoms with Crippen LogP contribution in [-0.4, -0.2) is 57.1 Å². The van der Waals surface area contributed by atoms with Crippen molar-refractivity contribution in [1.82, 2.24) is 10.2 Å². The fraction of sp³-hybridized carbons (Fsp3) is 0.548. The van der Waals surface area contributed by atoms with E-state index in [1.807, 2.05) is 57.2 Å². The number of anilines is 1. The molecule has 8 nitrogen and oxygen atoms in total. The molecule has 40 heavy (non-hydrogen) atoms. The summed E-state index contributed by atoms with van der Waals surface area (Å²) in [6.07, 6.45) is 7.43. The number of benzene rings is 2. The van der Waals surface area contributed by atoms with Crippen molar-refractivity contribution in [2.24, 2.45) is 0 Å². The molecule has 0 heterocycles. The van der Waals surface area contributed by atoms with E-state index in [2.05, 4.69) is 5.32 Å². The number of amides is 2. The number of rotatable bonds is 13. The number of hydrogen-bond donors (Lipinski definition) is 1. The van der Waals surface area contributed by atoms with Crippen LogP contribution in [0.25, 0.3) is 0 Å². The van der Waals surface area contributed by atoms with Gasteiger partial charge < -0.3 is 15.0 Å². The van der Waals surface area contributed by atoms with Gasteiger partial charge in [-0.3, -0.25) is 13.9 Å². The standard InChI is InChI=1S/C31H45N3O5S/c1-6-29(31(36)32-26-13-8-7-9-14-26)33(22-25-12-10-15-28(21-25)39-4)30(35)16-11-19-34(40(5,37)38)27-18-17-23(2)24(3)20-27/h10,12,15,17-18,20-21,26,29H,6-9,11,13-14,16,19,22H2,1-5H3,(H,32,36)/t29-/m1/s1. The highest BCUT2D eigenvalue weighted by Gasteiger charge is 2.30. The van der Waals surface area contributed by atoms with E-state index >= 15 is 0 Å². The first-order chi connectivity index (χ1) is 19.0. The molecule has 9 heteroatoms. The summed E-state index contributed by atoms with van der Waals surface area (Å²) in [4.78, 5) is 28.8. The molecule has 0 aliphatic heterocycles. The molecule has 1 N–H and O–H groups in total. The van der Waals surface area contributed by atoms with E-state index in [1.54, 1.807) is 18.1 Å². The number of aryl methyl sites for hydroxylation is 2. The molecule has 220 valence electrons. The van der Waals surface area contributed by atoms with Gasteiger partial charge in [0.05, 0.1) is 19.1 Å². The van der Waals surface area contributed by atoms with Crippen molar-refractivity contribution in [3.63, 3.8) is 0 Å². The van der Waals surface area contributed by atoms with Crippen LogP contribution in [0.2, 0.25) is 0 Å². The molecule has 3 rings (SSSR count). The maximum atomic E-state index is 13.7. The second-order valence-electron chi connectivity index (χ2n) is 10.8. The van der Waals surface area contributed by atoms with Crippen molar-refractivity contribution in [2.75, 3.05) is 24.2 Å². The topological polar surface area (TPSA) is 96.0 Å². The molecule has 0 saturated heterocycles. The normalized spacial score (nSPS) is 14.8. The maximum absolute atomic E-state index is 13.7. The molecule has 1 aliphatic carbocycles. The van der Waals surface area contributed by atoms with Crippen LogP contribution in [0.3, 0.4) is 0 Å². The fourth-order valence-electron chi connectivity index (χ4n) is 5.32. The quantitative estimate of drug-likeness (QED) is 0.360. The highest BCUT2D eigenvalue weighted by atomic mass is 32.2. The van der Waals surface area contributed by atoms with Gasteiger partial charge in [0.2, 0.25) is 21.8 Å². The Balaban J connectivity index is 1.78. The Hall–Kier alpha value is -3.07. The largest absolute Gasteiger partial charge is 0.497 e. The summed E-state index contributed by atoms with van der Waals surface area (Å²) in [7, 11) is -1.95. The zero-order valence-electron chi connectivity index (χ0n) is 24.6. The summed E-state index contributed by atoms with van der Waals surface area (Å²) >= 11 is 0. The number of ether oxygens (including phenoxy) is 1. The van der Waals surface area contributed by atoms with E-state index in [0.29, 0.717) is 24.3 Å². The van der Waals surface area contributed by atoms with Gasteiger partial charge in [0.1, 0.15) is 11.8 Å². The first-order valence-corrected chi connectivity index (χ1v) is 16.2. The Morgan fingerprint density at radius 2 is 1.77 bits per heavy atom. The molecule has 2 aromatic carbocycles. The second kappa shape index (κ2) is 14.5. The molecule has 1 fully saturated rings. The van der Waals surface area contributed by atoms with Gasteiger partial charge in [-0.15, -0.1) is 0 Å². The number of sulfonamides is 1. The summed E-state index contributed by atoms with van der Waals surface area (Å²) in [6, 6.07) is 12.6. The SMILES string of the molecule is CC[C@H](C(=O)NC1CCCCC1)N(Cc1cccc(OC)c1)C(=O)CCCN(c1ccc(C)c(C)c1)S(C)(=O)=O. The maximum Gasteiger partial charge on any atom is 0.243 e. The zero-order valence-corrected chi connectivity index (χ0v) is 25.4. The minimum atomic E-state index is -3.54. The molecule has 1 aliphatic rings. The number of carbonyl (C=O) groups is 2. The first-order valence-electron chi connectivity index (χ1n) is 14.3. The molecular formula is C31H45N3O5S. The van der Waals surface area contributed by atoms with Crippen LogP contribution in [0.5, 0.6) is 5.75 Å². The van der Waals surface area contributed by atoms with Gasteiger partial charge in [-0.05, 0) is 80.5 Å². The van der Waals surface area contributed by atoms with Gasteiger partial charge >= 0.3 is 0 Å². The van der Waals surface area contributed by atoms with E-state index in [1.165, 1.54) is 17.0 Å². The van der Waals surface area contributed by atoms with Crippen LogP contribution >= 0.6 is 0 Å². The van der Waals surface area contributed by atoms with Crippen molar-refractivity contribution in [1.29, 1.82) is 0 Å². The van der Waals surface area contributed by atoms with E-state index in [9.17, 15) is 18.0 Å². The third-order valence-electron chi connectivity index (χ3n) is 7.76. The minimum Gasteiger partial charge on any atom is -0.497 e. The number of nitrogens with zero attached hydrogens (tertiary/aromatic N) is 2. The summed E-state index contributed by atoms with van der Waals surface area (Å²) in [5.41, 5.74) is 3.54. The molecule has 0 unspecified atom stereocenters. The van der Waals surface area contributed by atoms with Crippen molar-refractivity contribution in [3.8, 4) is 5.75 Å². The van der Waals surface area contributed by atoms with E-state index in [-0.39, 0.29) is 37.4 Å². The summed E-state index contributed by atoms with van der Waals surface area (Å²) < 4.78 is 32.0. The van der Waals surface area contributed by atoms with Gasteiger partial charge in [0.15, 0.2) is 0 Å². The minimum absolute atomic E-state index is 0.119. The molecule has 1 atom stereocenters. The molecule has 2 amide bonds. The van der Waals surface area contributed by atoms with Crippen LogP contribution < -0.4 is 14.4 Å². The summed E-state index contributed by atoms with van der Waals surface area (Å²) in [5, 5.41) is 3.19. The number of carbonyl (C=O) groups excluding carboxylic acids is 2. The van der Waals surface area contributed by atoms with Gasteiger partial charge in [-0.25, -0.2) is 8.42 Å². The van der Waals surface area contributed by atoms with Crippen molar-refractivity contribution >= 4 is 27.5 Å². The van der Waals surface area contributed by atoms with Crippen molar-refractivity contribution < 1.29 is 22.7 Å². The predicted octanol–water partition coefficient (Wildman–Crippen LogP) is 5.11. The zero-order chi connectivity index (χ0) is 29.3. The van der Waals surface area contributed by atoms with Crippen molar-refractivity contribution in [3.05, 3.63) is 59.2 Å². The van der Waals surface area contributed by atoms with E-state index < -0.39 is 16.1 Å². The lowest BCUT2D eigenvalue weighted by molar-refractivity contribution is -0.141. The third kappa shape index (κ3) is 8.71. The average Bonchev–Trinajstić information content (AvgIpc) is 2.92. The predicted molar refractivity (Wildman–Crippen MR) is 160 cm³/mol. The van der Waals surface area contributed by atoms with Crippen LogP contribution in [0.15, 0.2) is 42.5 Å². The molecule has 1 saturated carbocycles. The number of methoxy groups -OCH3 is 1. The third-order valence-corrected chi connectivity index (χ3v) is 8.95. The Kier molecular flexibility index (Phi) is 11.4. The van der Waals surface area contributed by atoms with Gasteiger partial charge in [-0.2, -0.15) is 0 Å². The van der Waals surface area contributed by atoms with Crippen LogP contribution in [0.1, 0.15) is 75.0 Å². The van der Waals surface area contributed by atoms with Gasteiger partial charge in [0, 0.05) is 25.6 Å². The van der Waals surface area contributed by atoms with E-state index in [0.717, 1.165) is 42.4 Å². The summed E-state index contributed by atoms with van der Waals surface area (Å²) in [5.74, 6) is 0.377. The molecule has 0 spiro atoms. The Bertz CT molecular complexity index is 1260. The monoisotopic (exact) mass is 571 g/mol. The van der Waals surface area contributed by atoms with E-state index in [4.69, 9.17) is 4.74 Å². The molecule has 0 aromatic heterocycles. The van der Waals surface area contributed by atoms with Crippen molar-refractivity contribution in [2.45, 2.75) is 90.8 Å². The lowest BCUT2D eigenvalue weighted by Gasteiger charge is -2.33. The molecule has 0 radical (unpaired) electrons. The summed E-state index contributed by atoms with van der Waals surface area (Å²) in [6.45, 7) is 6.28. The lowest BCUT2D eigenvalue weighted by atomic mass is 9.95. The highest BCUT2D eigenvalue weighted by Crippen LogP contribution is 2.24. The van der Waals surface area contributed by atoms with Crippen LogP contribution in [-0.2, 0) is 26.2 Å².